The lowest BCUT2D eigenvalue weighted by Gasteiger charge is -2.27. The minimum atomic E-state index is -0.842. The van der Waals surface area contributed by atoms with Crippen LogP contribution in [0.1, 0.15) is 49.9 Å². The van der Waals surface area contributed by atoms with Gasteiger partial charge in [0.25, 0.3) is 11.7 Å². The van der Waals surface area contributed by atoms with Crippen LogP contribution in [0.4, 0.5) is 0 Å². The number of carbonyl (C=O) groups excluding carboxylic acids is 2. The minimum Gasteiger partial charge on any atom is -0.507 e. The maximum Gasteiger partial charge on any atom is 0.295 e. The molecule has 1 fully saturated rings. The van der Waals surface area contributed by atoms with Crippen molar-refractivity contribution < 1.29 is 29.3 Å². The van der Waals surface area contributed by atoms with E-state index in [1.807, 2.05) is 13.0 Å². The SMILES string of the molecule is CCN(CC)CCCN1C(=O)C(=O)C(=C(O)c2ccc3c(c2)C[C@@H](C)O3)[C@@H]1c1cc(Br)c(O)c(OC)c1. The number of halogens is 1. The molecule has 2 aliphatic heterocycles. The number of phenolic OH excluding ortho intramolecular Hbond substituents is 1. The lowest BCUT2D eigenvalue weighted by molar-refractivity contribution is -0.140. The maximum atomic E-state index is 13.4. The van der Waals surface area contributed by atoms with Crippen molar-refractivity contribution >= 4 is 33.4 Å². The van der Waals surface area contributed by atoms with Gasteiger partial charge < -0.3 is 29.5 Å². The van der Waals surface area contributed by atoms with Crippen molar-refractivity contribution in [1.82, 2.24) is 9.80 Å². The lowest BCUT2D eigenvalue weighted by Crippen LogP contribution is -2.33. The van der Waals surface area contributed by atoms with Crippen molar-refractivity contribution in [2.75, 3.05) is 33.3 Å². The van der Waals surface area contributed by atoms with Gasteiger partial charge in [-0.25, -0.2) is 0 Å². The summed E-state index contributed by atoms with van der Waals surface area (Å²) in [6.07, 6.45) is 1.39. The van der Waals surface area contributed by atoms with E-state index in [9.17, 15) is 19.8 Å². The quantitative estimate of drug-likeness (QED) is 0.256. The molecule has 2 atom stereocenters. The van der Waals surface area contributed by atoms with Gasteiger partial charge in [-0.05, 0) is 90.4 Å². The Balaban J connectivity index is 1.80. The van der Waals surface area contributed by atoms with E-state index in [1.54, 1.807) is 24.3 Å². The number of aromatic hydroxyl groups is 1. The van der Waals surface area contributed by atoms with Gasteiger partial charge in [-0.3, -0.25) is 9.59 Å². The molecule has 0 saturated carbocycles. The summed E-state index contributed by atoms with van der Waals surface area (Å²) in [5, 5.41) is 21.8. The van der Waals surface area contributed by atoms with Gasteiger partial charge >= 0.3 is 0 Å². The van der Waals surface area contributed by atoms with Gasteiger partial charge in [-0.2, -0.15) is 0 Å². The zero-order chi connectivity index (χ0) is 26.9. The fraction of sp³-hybridized carbons (Fsp3) is 0.429. The highest BCUT2D eigenvalue weighted by atomic mass is 79.9. The second-order valence-corrected chi connectivity index (χ2v) is 10.2. The number of hydrogen-bond acceptors (Lipinski definition) is 7. The van der Waals surface area contributed by atoms with E-state index in [1.165, 1.54) is 12.0 Å². The zero-order valence-electron chi connectivity index (χ0n) is 21.6. The molecule has 2 aliphatic rings. The van der Waals surface area contributed by atoms with Gasteiger partial charge in [0.1, 0.15) is 17.6 Å². The summed E-state index contributed by atoms with van der Waals surface area (Å²) in [6.45, 7) is 9.02. The van der Waals surface area contributed by atoms with Gasteiger partial charge in [0.15, 0.2) is 11.5 Å². The molecule has 2 aromatic carbocycles. The Hall–Kier alpha value is -3.04. The normalized spacial score (nSPS) is 20.4. The number of aliphatic hydroxyl groups is 1. The average molecular weight is 573 g/mol. The van der Waals surface area contributed by atoms with Crippen LogP contribution in [0.3, 0.4) is 0 Å². The summed E-state index contributed by atoms with van der Waals surface area (Å²) in [7, 11) is 1.43. The number of nitrogens with zero attached hydrogens (tertiary/aromatic N) is 2. The number of ether oxygens (including phenoxy) is 2. The summed E-state index contributed by atoms with van der Waals surface area (Å²) in [6, 6.07) is 7.70. The zero-order valence-corrected chi connectivity index (χ0v) is 23.2. The monoisotopic (exact) mass is 572 g/mol. The molecule has 0 bridgehead atoms. The van der Waals surface area contributed by atoms with Crippen LogP contribution in [0.2, 0.25) is 0 Å². The predicted molar refractivity (Wildman–Crippen MR) is 144 cm³/mol. The molecule has 198 valence electrons. The average Bonchev–Trinajstić information content (AvgIpc) is 3.38. The number of likely N-dealkylation sites (tertiary alicyclic amines) is 1. The molecule has 37 heavy (non-hydrogen) atoms. The van der Waals surface area contributed by atoms with E-state index < -0.39 is 17.7 Å². The molecule has 0 aromatic heterocycles. The standard InChI is InChI=1S/C28H33BrN2O6/c1-5-30(6-2)10-7-11-31-24(19-14-20(29)26(33)22(15-19)36-4)23(27(34)28(31)35)25(32)17-8-9-21-18(13-17)12-16(3)37-21/h8-9,13-16,24,32-33H,5-7,10-12H2,1-4H3/t16-,24+/m1/s1. The van der Waals surface area contributed by atoms with Gasteiger partial charge in [0.2, 0.25) is 0 Å². The van der Waals surface area contributed by atoms with E-state index in [-0.39, 0.29) is 28.9 Å². The number of aliphatic hydroxyl groups excluding tert-OH is 1. The van der Waals surface area contributed by atoms with Gasteiger partial charge in [0.05, 0.1) is 23.2 Å². The molecule has 0 radical (unpaired) electrons. The van der Waals surface area contributed by atoms with E-state index in [4.69, 9.17) is 9.47 Å². The van der Waals surface area contributed by atoms with E-state index in [0.717, 1.165) is 30.9 Å². The Morgan fingerprint density at radius 2 is 1.95 bits per heavy atom. The third kappa shape index (κ3) is 5.20. The topological polar surface area (TPSA) is 99.5 Å². The Labute approximate surface area is 225 Å². The molecule has 9 heteroatoms. The Bertz CT molecular complexity index is 1240. The number of Topliss-reactive ketones (excluding diaryl/α,β-unsaturated/α-hetero) is 1. The molecule has 2 heterocycles. The smallest absolute Gasteiger partial charge is 0.295 e. The van der Waals surface area contributed by atoms with Crippen LogP contribution in [-0.4, -0.2) is 71.1 Å². The number of benzene rings is 2. The van der Waals surface area contributed by atoms with Crippen molar-refractivity contribution in [3.8, 4) is 17.2 Å². The molecule has 8 nitrogen and oxygen atoms in total. The molecule has 4 rings (SSSR count). The molecule has 0 aliphatic carbocycles. The highest BCUT2D eigenvalue weighted by molar-refractivity contribution is 9.10. The highest BCUT2D eigenvalue weighted by Crippen LogP contribution is 2.44. The van der Waals surface area contributed by atoms with Crippen molar-refractivity contribution in [1.29, 1.82) is 0 Å². The second-order valence-electron chi connectivity index (χ2n) is 9.38. The van der Waals surface area contributed by atoms with Crippen molar-refractivity contribution in [2.24, 2.45) is 0 Å². The van der Waals surface area contributed by atoms with Crippen LogP contribution in [0.15, 0.2) is 40.4 Å². The van der Waals surface area contributed by atoms with Crippen LogP contribution in [-0.2, 0) is 16.0 Å². The summed E-state index contributed by atoms with van der Waals surface area (Å²) in [4.78, 5) is 30.4. The lowest BCUT2D eigenvalue weighted by atomic mass is 9.94. The molecule has 1 saturated heterocycles. The molecular formula is C28H33BrN2O6. The van der Waals surface area contributed by atoms with Crippen LogP contribution in [0.25, 0.3) is 5.76 Å². The number of hydrogen-bond donors (Lipinski definition) is 2. The highest BCUT2D eigenvalue weighted by Gasteiger charge is 2.46. The van der Waals surface area contributed by atoms with E-state index in [2.05, 4.69) is 34.7 Å². The second kappa shape index (κ2) is 11.1. The number of phenols is 1. The fourth-order valence-electron chi connectivity index (χ4n) is 5.09. The Morgan fingerprint density at radius 1 is 1.22 bits per heavy atom. The van der Waals surface area contributed by atoms with E-state index >= 15 is 0 Å². The third-order valence-corrected chi connectivity index (χ3v) is 7.67. The first-order chi connectivity index (χ1) is 17.7. The molecular weight excluding hydrogens is 540 g/mol. The predicted octanol–water partition coefficient (Wildman–Crippen LogP) is 4.64. The fourth-order valence-corrected chi connectivity index (χ4v) is 5.55. The van der Waals surface area contributed by atoms with Crippen molar-refractivity contribution in [2.45, 2.75) is 45.8 Å². The number of carbonyl (C=O) groups is 2. The summed E-state index contributed by atoms with van der Waals surface area (Å²) in [5.74, 6) is -0.769. The molecule has 0 unspecified atom stereocenters. The third-order valence-electron chi connectivity index (χ3n) is 7.06. The van der Waals surface area contributed by atoms with Gasteiger partial charge in [-0.1, -0.05) is 13.8 Å². The van der Waals surface area contributed by atoms with Crippen LogP contribution >= 0.6 is 15.9 Å². The van der Waals surface area contributed by atoms with Crippen molar-refractivity contribution in [3.63, 3.8) is 0 Å². The Kier molecular flexibility index (Phi) is 8.14. The molecule has 2 N–H and O–H groups in total. The first-order valence-corrected chi connectivity index (χ1v) is 13.4. The number of rotatable bonds is 9. The number of ketones is 1. The summed E-state index contributed by atoms with van der Waals surface area (Å²) in [5.41, 5.74) is 1.95. The first-order valence-electron chi connectivity index (χ1n) is 12.6. The number of methoxy groups -OCH3 is 1. The van der Waals surface area contributed by atoms with E-state index in [0.29, 0.717) is 35.0 Å². The van der Waals surface area contributed by atoms with Crippen LogP contribution in [0.5, 0.6) is 17.2 Å². The van der Waals surface area contributed by atoms with Gasteiger partial charge in [0, 0.05) is 18.5 Å². The molecule has 0 spiro atoms. The largest absolute Gasteiger partial charge is 0.507 e. The maximum absolute atomic E-state index is 13.4. The first kappa shape index (κ1) is 27.0. The number of amides is 1. The number of fused-ring (bicyclic) bond motifs is 1. The van der Waals surface area contributed by atoms with Crippen molar-refractivity contribution in [3.05, 3.63) is 57.1 Å². The summed E-state index contributed by atoms with van der Waals surface area (Å²) < 4.78 is 11.5. The van der Waals surface area contributed by atoms with Crippen LogP contribution in [0, 0.1) is 0 Å². The summed E-state index contributed by atoms with van der Waals surface area (Å²) >= 11 is 3.35. The minimum absolute atomic E-state index is 0.0133. The van der Waals surface area contributed by atoms with Gasteiger partial charge in [-0.15, -0.1) is 0 Å². The Morgan fingerprint density at radius 3 is 2.62 bits per heavy atom. The van der Waals surface area contributed by atoms with Crippen LogP contribution < -0.4 is 9.47 Å². The molecule has 1 amide bonds. The molecule has 2 aromatic rings.